The second-order valence-electron chi connectivity index (χ2n) is 9.40. The summed E-state index contributed by atoms with van der Waals surface area (Å²) < 4.78 is 79.7. The molecular formula is C24H23ClF5N3O2. The predicted molar refractivity (Wildman–Crippen MR) is 122 cm³/mol. The van der Waals surface area contributed by atoms with Crippen LogP contribution in [0.2, 0.25) is 5.02 Å². The molecule has 11 heteroatoms. The summed E-state index contributed by atoms with van der Waals surface area (Å²) in [5, 5.41) is 13.4. The lowest BCUT2D eigenvalue weighted by Gasteiger charge is -2.50. The molecule has 5 nitrogen and oxygen atoms in total. The molecule has 0 spiro atoms. The fourth-order valence-corrected chi connectivity index (χ4v) is 5.18. The van der Waals surface area contributed by atoms with E-state index < -0.39 is 46.1 Å². The Morgan fingerprint density at radius 1 is 1.20 bits per heavy atom. The number of aryl methyl sites for hydroxylation is 2. The van der Waals surface area contributed by atoms with Crippen molar-refractivity contribution in [1.82, 2.24) is 9.97 Å². The Morgan fingerprint density at radius 3 is 2.46 bits per heavy atom. The van der Waals surface area contributed by atoms with Gasteiger partial charge in [-0.1, -0.05) is 31.5 Å². The zero-order valence-electron chi connectivity index (χ0n) is 19.5. The van der Waals surface area contributed by atoms with E-state index in [9.17, 15) is 13.9 Å². The number of anilines is 1. The molecule has 35 heavy (non-hydrogen) atoms. The Hall–Kier alpha value is -2.72. The van der Waals surface area contributed by atoms with Crippen molar-refractivity contribution in [3.05, 3.63) is 57.5 Å². The third kappa shape index (κ3) is 3.69. The van der Waals surface area contributed by atoms with E-state index in [1.54, 1.807) is 13.8 Å². The Bertz CT molecular complexity index is 1350. The van der Waals surface area contributed by atoms with Crippen LogP contribution >= 0.6 is 11.6 Å². The van der Waals surface area contributed by atoms with Crippen molar-refractivity contribution in [2.45, 2.75) is 57.3 Å². The quantitative estimate of drug-likeness (QED) is 0.413. The Labute approximate surface area is 203 Å². The summed E-state index contributed by atoms with van der Waals surface area (Å²) in [6.45, 7) is 6.31. The molecule has 0 amide bonds. The number of nitrogens with one attached hydrogen (secondary N) is 1. The number of aliphatic hydroxyl groups is 1. The van der Waals surface area contributed by atoms with Crippen LogP contribution in [0.25, 0.3) is 10.9 Å². The van der Waals surface area contributed by atoms with Gasteiger partial charge in [-0.2, -0.15) is 13.2 Å². The van der Waals surface area contributed by atoms with E-state index >= 15 is 13.2 Å². The highest BCUT2D eigenvalue weighted by Gasteiger charge is 2.65. The van der Waals surface area contributed by atoms with Crippen molar-refractivity contribution in [3.63, 3.8) is 0 Å². The molecule has 0 radical (unpaired) electrons. The van der Waals surface area contributed by atoms with Crippen molar-refractivity contribution in [2.24, 2.45) is 0 Å². The zero-order valence-corrected chi connectivity index (χ0v) is 20.3. The van der Waals surface area contributed by atoms with Gasteiger partial charge in [0.1, 0.15) is 17.1 Å². The first-order chi connectivity index (χ1) is 16.2. The van der Waals surface area contributed by atoms with Gasteiger partial charge in [0.05, 0.1) is 18.2 Å². The first kappa shape index (κ1) is 25.4. The van der Waals surface area contributed by atoms with Gasteiger partial charge >= 0.3 is 6.18 Å². The lowest BCUT2D eigenvalue weighted by atomic mass is 9.62. The van der Waals surface area contributed by atoms with Crippen molar-refractivity contribution in [1.29, 1.82) is 0 Å². The molecule has 188 valence electrons. The van der Waals surface area contributed by atoms with Gasteiger partial charge in [-0.3, -0.25) is 0 Å². The number of ether oxygens (including phenoxy) is 1. The summed E-state index contributed by atoms with van der Waals surface area (Å²) in [5.74, 6) is -2.54. The van der Waals surface area contributed by atoms with Crippen LogP contribution in [0.15, 0.2) is 18.3 Å². The Morgan fingerprint density at radius 2 is 1.86 bits per heavy atom. The maximum Gasteiger partial charge on any atom is 0.418 e. The summed E-state index contributed by atoms with van der Waals surface area (Å²) in [4.78, 5) is 7.80. The van der Waals surface area contributed by atoms with Crippen LogP contribution in [0.1, 0.15) is 42.8 Å². The molecular weight excluding hydrogens is 493 g/mol. The van der Waals surface area contributed by atoms with E-state index in [0.717, 1.165) is 6.20 Å². The van der Waals surface area contributed by atoms with Crippen LogP contribution in [0.4, 0.5) is 27.6 Å². The average Bonchev–Trinajstić information content (AvgIpc) is 2.74. The lowest BCUT2D eigenvalue weighted by molar-refractivity contribution is -0.214. The molecule has 0 fully saturated rings. The minimum absolute atomic E-state index is 0.0584. The Kier molecular flexibility index (Phi) is 5.92. The highest BCUT2D eigenvalue weighted by atomic mass is 35.5. The number of aliphatic hydroxyl groups excluding tert-OH is 1. The summed E-state index contributed by atoms with van der Waals surface area (Å²) in [6.07, 6.45) is -6.32. The maximum atomic E-state index is 15.1. The van der Waals surface area contributed by atoms with Gasteiger partial charge in [-0.25, -0.2) is 18.7 Å². The Balaban J connectivity index is 2.11. The predicted octanol–water partition coefficient (Wildman–Crippen LogP) is 6.10. The number of alkyl halides is 3. The third-order valence-electron chi connectivity index (χ3n) is 6.58. The maximum absolute atomic E-state index is 15.1. The van der Waals surface area contributed by atoms with E-state index in [0.29, 0.717) is 6.07 Å². The number of fused-ring (bicyclic) bond motifs is 2. The number of hydrogen-bond donors (Lipinski definition) is 2. The van der Waals surface area contributed by atoms with E-state index in [1.165, 1.54) is 27.0 Å². The molecule has 2 N–H and O–H groups in total. The minimum Gasteiger partial charge on any atom is -0.495 e. The molecule has 0 aliphatic heterocycles. The SMILES string of the molecule is COc1c(Cl)c(C)cc2c1C(C)(C)CC(O)C2(Nc1cc(F)c(F)c2nc(C)ncc12)C(F)(F)F. The molecule has 1 aromatic heterocycles. The molecule has 2 aromatic carbocycles. The zero-order chi connectivity index (χ0) is 26.1. The first-order valence-corrected chi connectivity index (χ1v) is 11.1. The number of nitrogens with zero attached hydrogens (tertiary/aromatic N) is 2. The highest BCUT2D eigenvalue weighted by Crippen LogP contribution is 2.57. The normalized spacial score (nSPS) is 21.7. The van der Waals surface area contributed by atoms with Crippen molar-refractivity contribution >= 4 is 28.2 Å². The van der Waals surface area contributed by atoms with Crippen molar-refractivity contribution in [3.8, 4) is 5.75 Å². The fourth-order valence-electron chi connectivity index (χ4n) is 4.95. The summed E-state index contributed by atoms with van der Waals surface area (Å²) in [6, 6.07) is 1.85. The second kappa shape index (κ2) is 8.16. The van der Waals surface area contributed by atoms with Gasteiger partial charge in [0, 0.05) is 28.9 Å². The molecule has 2 unspecified atom stereocenters. The smallest absolute Gasteiger partial charge is 0.418 e. The van der Waals surface area contributed by atoms with Gasteiger partial charge in [-0.05, 0) is 36.8 Å². The molecule has 1 heterocycles. The van der Waals surface area contributed by atoms with Crippen LogP contribution < -0.4 is 10.1 Å². The van der Waals surface area contributed by atoms with Crippen LogP contribution in [0.5, 0.6) is 5.75 Å². The standard InChI is InChI=1S/C24H23ClF5N3O2/c1-10-6-13-17(21(35-5)18(10)25)22(3,4)8-16(34)23(13,24(28,29)30)33-15-7-14(26)19(27)20-12(15)9-31-11(2)32-20/h6-7,9,16,33-34H,8H2,1-5H3. The molecule has 1 aliphatic carbocycles. The molecule has 4 rings (SSSR count). The number of aromatic nitrogens is 2. The number of halogens is 6. The number of benzene rings is 2. The fraction of sp³-hybridized carbons (Fsp3) is 0.417. The topological polar surface area (TPSA) is 67.3 Å². The van der Waals surface area contributed by atoms with E-state index in [-0.39, 0.29) is 45.1 Å². The molecule has 0 saturated carbocycles. The number of rotatable bonds is 3. The van der Waals surface area contributed by atoms with Crippen LogP contribution in [0.3, 0.4) is 0 Å². The molecule has 3 aromatic rings. The first-order valence-electron chi connectivity index (χ1n) is 10.7. The molecule has 0 bridgehead atoms. The number of hydrogen-bond acceptors (Lipinski definition) is 5. The van der Waals surface area contributed by atoms with Gasteiger partial charge in [0.25, 0.3) is 0 Å². The molecule has 0 saturated heterocycles. The monoisotopic (exact) mass is 515 g/mol. The van der Waals surface area contributed by atoms with Crippen LogP contribution in [-0.4, -0.2) is 34.5 Å². The molecule has 1 aliphatic rings. The second-order valence-corrected chi connectivity index (χ2v) is 9.78. The van der Waals surface area contributed by atoms with Gasteiger partial charge in [0.15, 0.2) is 17.2 Å². The van der Waals surface area contributed by atoms with E-state index in [2.05, 4.69) is 15.3 Å². The van der Waals surface area contributed by atoms with Gasteiger partial charge in [0.2, 0.25) is 0 Å². The van der Waals surface area contributed by atoms with E-state index in [1.807, 2.05) is 0 Å². The van der Waals surface area contributed by atoms with Crippen LogP contribution in [-0.2, 0) is 11.0 Å². The summed E-state index contributed by atoms with van der Waals surface area (Å²) in [7, 11) is 1.30. The highest BCUT2D eigenvalue weighted by molar-refractivity contribution is 6.33. The summed E-state index contributed by atoms with van der Waals surface area (Å²) in [5.41, 5.74) is -4.85. The third-order valence-corrected chi connectivity index (χ3v) is 7.05. The minimum atomic E-state index is -5.09. The largest absolute Gasteiger partial charge is 0.495 e. The van der Waals surface area contributed by atoms with E-state index in [4.69, 9.17) is 16.3 Å². The average molecular weight is 516 g/mol. The number of methoxy groups -OCH3 is 1. The van der Waals surface area contributed by atoms with Gasteiger partial charge in [-0.15, -0.1) is 0 Å². The van der Waals surface area contributed by atoms with Crippen LogP contribution in [0, 0.1) is 25.5 Å². The van der Waals surface area contributed by atoms with Crippen molar-refractivity contribution in [2.75, 3.05) is 12.4 Å². The van der Waals surface area contributed by atoms with Gasteiger partial charge < -0.3 is 15.2 Å². The molecule has 2 atom stereocenters. The summed E-state index contributed by atoms with van der Waals surface area (Å²) >= 11 is 6.40. The lowest BCUT2D eigenvalue weighted by Crippen LogP contribution is -2.62. The van der Waals surface area contributed by atoms with Crippen molar-refractivity contribution < 1.29 is 31.8 Å².